The SMILES string of the molecule is CCCCNC(=O)C1N(CCO)C(=O)[C@@H]2[C@@H](C(=O)Nc3ccccc3)[C@H]3CCC12O3. The van der Waals surface area contributed by atoms with Gasteiger partial charge in [-0.3, -0.25) is 14.4 Å². The third-order valence-electron chi connectivity index (χ3n) is 6.56. The number of nitrogens with zero attached hydrogens (tertiary/aromatic N) is 1. The zero-order valence-electron chi connectivity index (χ0n) is 17.2. The summed E-state index contributed by atoms with van der Waals surface area (Å²) in [6.45, 7) is 2.35. The third kappa shape index (κ3) is 3.28. The van der Waals surface area contributed by atoms with E-state index in [0.29, 0.717) is 25.1 Å². The summed E-state index contributed by atoms with van der Waals surface area (Å²) in [5, 5.41) is 15.3. The Bertz CT molecular complexity index is 816. The number of para-hydroxylation sites is 1. The smallest absolute Gasteiger partial charge is 0.245 e. The Balaban J connectivity index is 1.61. The lowest BCUT2D eigenvalue weighted by Crippen LogP contribution is -2.55. The largest absolute Gasteiger partial charge is 0.395 e. The molecule has 30 heavy (non-hydrogen) atoms. The average molecular weight is 415 g/mol. The van der Waals surface area contributed by atoms with Gasteiger partial charge in [-0.2, -0.15) is 0 Å². The molecule has 0 aliphatic carbocycles. The average Bonchev–Trinajstić information content (AvgIpc) is 3.37. The minimum Gasteiger partial charge on any atom is -0.395 e. The molecule has 3 heterocycles. The van der Waals surface area contributed by atoms with Gasteiger partial charge in [-0.15, -0.1) is 0 Å². The first kappa shape index (κ1) is 20.8. The van der Waals surface area contributed by atoms with Gasteiger partial charge in [0.15, 0.2) is 0 Å². The van der Waals surface area contributed by atoms with Crippen LogP contribution in [0, 0.1) is 11.8 Å². The standard InChI is InChI=1S/C22H29N3O5/c1-2-3-11-23-20(28)18-22-10-9-15(30-22)16(17(22)21(29)25(18)12-13-26)19(27)24-14-7-5-4-6-8-14/h4-8,15-18,26H,2-3,9-13H2,1H3,(H,23,28)(H,24,27)/t15-,16+,17+,18?,22?/m1/s1. The lowest BCUT2D eigenvalue weighted by atomic mass is 9.70. The van der Waals surface area contributed by atoms with E-state index in [-0.39, 0.29) is 37.0 Å². The Labute approximate surface area is 176 Å². The van der Waals surface area contributed by atoms with Gasteiger partial charge >= 0.3 is 0 Å². The quantitative estimate of drug-likeness (QED) is 0.547. The molecule has 3 N–H and O–H groups in total. The summed E-state index contributed by atoms with van der Waals surface area (Å²) in [4.78, 5) is 41.0. The molecule has 0 radical (unpaired) electrons. The number of hydrogen-bond donors (Lipinski definition) is 3. The Morgan fingerprint density at radius 1 is 1.27 bits per heavy atom. The van der Waals surface area contributed by atoms with Crippen LogP contribution in [0.25, 0.3) is 0 Å². The fourth-order valence-electron chi connectivity index (χ4n) is 5.33. The van der Waals surface area contributed by atoms with Gasteiger partial charge in [0.25, 0.3) is 0 Å². The lowest BCUT2D eigenvalue weighted by molar-refractivity contribution is -0.141. The van der Waals surface area contributed by atoms with Crippen LogP contribution >= 0.6 is 0 Å². The number of nitrogens with one attached hydrogen (secondary N) is 2. The molecule has 162 valence electrons. The summed E-state index contributed by atoms with van der Waals surface area (Å²) in [6, 6.07) is 8.28. The van der Waals surface area contributed by atoms with Crippen molar-refractivity contribution in [2.45, 2.75) is 50.4 Å². The second-order valence-corrected chi connectivity index (χ2v) is 8.31. The van der Waals surface area contributed by atoms with E-state index in [1.54, 1.807) is 12.1 Å². The number of aliphatic hydroxyl groups excluding tert-OH is 1. The van der Waals surface area contributed by atoms with Crippen molar-refractivity contribution in [2.24, 2.45) is 11.8 Å². The van der Waals surface area contributed by atoms with Crippen LogP contribution in [-0.4, -0.2) is 65.2 Å². The fourth-order valence-corrected chi connectivity index (χ4v) is 5.33. The molecule has 8 nitrogen and oxygen atoms in total. The highest BCUT2D eigenvalue weighted by Gasteiger charge is 2.74. The summed E-state index contributed by atoms with van der Waals surface area (Å²) in [7, 11) is 0. The molecule has 3 saturated heterocycles. The van der Waals surface area contributed by atoms with E-state index < -0.39 is 23.5 Å². The van der Waals surface area contributed by atoms with Gasteiger partial charge in [-0.25, -0.2) is 0 Å². The molecular formula is C22H29N3O5. The second-order valence-electron chi connectivity index (χ2n) is 8.31. The molecule has 4 rings (SSSR count). The maximum absolute atomic E-state index is 13.3. The number of ether oxygens (including phenoxy) is 1. The molecule has 0 saturated carbocycles. The van der Waals surface area contributed by atoms with Gasteiger partial charge in [-0.05, 0) is 31.4 Å². The topological polar surface area (TPSA) is 108 Å². The molecule has 0 aromatic heterocycles. The molecule has 3 amide bonds. The number of hydrogen-bond acceptors (Lipinski definition) is 5. The van der Waals surface area contributed by atoms with Crippen LogP contribution in [-0.2, 0) is 19.1 Å². The van der Waals surface area contributed by atoms with E-state index in [0.717, 1.165) is 12.8 Å². The van der Waals surface area contributed by atoms with Gasteiger partial charge in [0.05, 0.1) is 24.5 Å². The van der Waals surface area contributed by atoms with Crippen molar-refractivity contribution < 1.29 is 24.2 Å². The van der Waals surface area contributed by atoms with Crippen LogP contribution in [0.1, 0.15) is 32.6 Å². The Hall–Kier alpha value is -2.45. The number of carbonyl (C=O) groups is 3. The van der Waals surface area contributed by atoms with Crippen LogP contribution in [0.15, 0.2) is 30.3 Å². The summed E-state index contributed by atoms with van der Waals surface area (Å²) in [6.07, 6.45) is 2.58. The number of carbonyl (C=O) groups excluding carboxylic acids is 3. The predicted octanol–water partition coefficient (Wildman–Crippen LogP) is 0.908. The van der Waals surface area contributed by atoms with Gasteiger partial charge in [0.1, 0.15) is 11.6 Å². The van der Waals surface area contributed by atoms with Crippen molar-refractivity contribution in [3.8, 4) is 0 Å². The summed E-state index contributed by atoms with van der Waals surface area (Å²) in [5.74, 6) is -2.18. The number of benzene rings is 1. The first-order valence-corrected chi connectivity index (χ1v) is 10.8. The Morgan fingerprint density at radius 2 is 2.03 bits per heavy atom. The predicted molar refractivity (Wildman–Crippen MR) is 109 cm³/mol. The van der Waals surface area contributed by atoms with Crippen molar-refractivity contribution in [1.29, 1.82) is 0 Å². The summed E-state index contributed by atoms with van der Waals surface area (Å²) in [5.41, 5.74) is -0.350. The molecule has 1 aromatic carbocycles. The fraction of sp³-hybridized carbons (Fsp3) is 0.591. The third-order valence-corrected chi connectivity index (χ3v) is 6.56. The highest BCUT2D eigenvalue weighted by atomic mass is 16.5. The Kier molecular flexibility index (Phi) is 5.79. The second kappa shape index (κ2) is 8.35. The molecule has 3 aliphatic rings. The van der Waals surface area contributed by atoms with Gasteiger partial charge in [-0.1, -0.05) is 31.5 Å². The highest BCUT2D eigenvalue weighted by Crippen LogP contribution is 2.58. The zero-order valence-corrected chi connectivity index (χ0v) is 17.2. The minimum atomic E-state index is -1.01. The number of aliphatic hydroxyl groups is 1. The minimum absolute atomic E-state index is 0.0456. The summed E-state index contributed by atoms with van der Waals surface area (Å²) >= 11 is 0. The maximum atomic E-state index is 13.3. The van der Waals surface area contributed by atoms with Crippen LogP contribution in [0.5, 0.6) is 0 Å². The van der Waals surface area contributed by atoms with Gasteiger partial charge < -0.3 is 25.4 Å². The van der Waals surface area contributed by atoms with Crippen molar-refractivity contribution in [3.05, 3.63) is 30.3 Å². The molecule has 1 aromatic rings. The highest BCUT2D eigenvalue weighted by molar-refractivity contribution is 6.01. The summed E-state index contributed by atoms with van der Waals surface area (Å²) < 4.78 is 6.28. The molecule has 3 fully saturated rings. The maximum Gasteiger partial charge on any atom is 0.245 e. The lowest BCUT2D eigenvalue weighted by Gasteiger charge is -2.33. The van der Waals surface area contributed by atoms with Crippen molar-refractivity contribution in [3.63, 3.8) is 0 Å². The molecule has 1 spiro atoms. The van der Waals surface area contributed by atoms with Crippen LogP contribution in [0.3, 0.4) is 0 Å². The molecule has 8 heteroatoms. The number of anilines is 1. The van der Waals surface area contributed by atoms with Crippen molar-refractivity contribution in [2.75, 3.05) is 25.0 Å². The first-order chi connectivity index (χ1) is 14.5. The first-order valence-electron chi connectivity index (χ1n) is 10.8. The number of rotatable bonds is 8. The van der Waals surface area contributed by atoms with Gasteiger partial charge in [0, 0.05) is 18.8 Å². The van der Waals surface area contributed by atoms with Gasteiger partial charge in [0.2, 0.25) is 17.7 Å². The number of fused-ring (bicyclic) bond motifs is 1. The number of β-amino-alcohol motifs (C(OH)–C–C–N with tert-alkyl or cyclic N) is 1. The molecule has 3 aliphatic heterocycles. The van der Waals surface area contributed by atoms with Crippen molar-refractivity contribution >= 4 is 23.4 Å². The van der Waals surface area contributed by atoms with Crippen LogP contribution in [0.2, 0.25) is 0 Å². The molecule has 2 unspecified atom stereocenters. The van der Waals surface area contributed by atoms with E-state index in [1.165, 1.54) is 4.90 Å². The van der Waals surface area contributed by atoms with E-state index in [9.17, 15) is 19.5 Å². The monoisotopic (exact) mass is 415 g/mol. The Morgan fingerprint density at radius 3 is 2.73 bits per heavy atom. The van der Waals surface area contributed by atoms with E-state index in [1.807, 2.05) is 25.1 Å². The van der Waals surface area contributed by atoms with E-state index in [2.05, 4.69) is 10.6 Å². The number of likely N-dealkylation sites (tertiary alicyclic amines) is 1. The van der Waals surface area contributed by atoms with E-state index in [4.69, 9.17) is 4.74 Å². The van der Waals surface area contributed by atoms with Crippen molar-refractivity contribution in [1.82, 2.24) is 10.2 Å². The molecular weight excluding hydrogens is 386 g/mol. The van der Waals surface area contributed by atoms with Crippen LogP contribution < -0.4 is 10.6 Å². The number of unbranched alkanes of at least 4 members (excludes halogenated alkanes) is 1. The van der Waals surface area contributed by atoms with E-state index >= 15 is 0 Å². The van der Waals surface area contributed by atoms with Crippen LogP contribution in [0.4, 0.5) is 5.69 Å². The molecule has 5 atom stereocenters. The normalized spacial score (nSPS) is 31.7. The number of amides is 3. The molecule has 2 bridgehead atoms. The zero-order chi connectivity index (χ0) is 21.3.